The first-order valence-corrected chi connectivity index (χ1v) is 9.23. The zero-order valence-electron chi connectivity index (χ0n) is 13.3. The summed E-state index contributed by atoms with van der Waals surface area (Å²) in [6, 6.07) is 3.60. The van der Waals surface area contributed by atoms with Crippen LogP contribution in [0.15, 0.2) is 26.7 Å². The zero-order chi connectivity index (χ0) is 15.9. The van der Waals surface area contributed by atoms with Crippen LogP contribution in [0.2, 0.25) is 0 Å². The van der Waals surface area contributed by atoms with Gasteiger partial charge in [-0.15, -0.1) is 35.3 Å². The fraction of sp³-hybridized carbons (Fsp3) is 0.615. The third-order valence-corrected chi connectivity index (χ3v) is 5.92. The Morgan fingerprint density at radius 3 is 2.50 bits per heavy atom. The SMILES string of the molecule is CN=C(NCCNS(=O)(=O)c1cccs1)NC(C)C(C)C.I. The maximum absolute atomic E-state index is 11.9. The van der Waals surface area contributed by atoms with E-state index < -0.39 is 10.0 Å². The Hall–Kier alpha value is -0.390. The summed E-state index contributed by atoms with van der Waals surface area (Å²) in [5.74, 6) is 1.16. The summed E-state index contributed by atoms with van der Waals surface area (Å²) in [6.45, 7) is 7.10. The highest BCUT2D eigenvalue weighted by Gasteiger charge is 2.14. The number of aliphatic imine (C=N–C) groups is 1. The lowest BCUT2D eigenvalue weighted by atomic mass is 10.1. The Bertz CT molecular complexity index is 544. The molecule has 0 aromatic carbocycles. The number of nitrogens with zero attached hydrogens (tertiary/aromatic N) is 1. The first-order valence-electron chi connectivity index (χ1n) is 6.87. The second-order valence-electron chi connectivity index (χ2n) is 5.01. The van der Waals surface area contributed by atoms with Crippen LogP contribution in [0.1, 0.15) is 20.8 Å². The van der Waals surface area contributed by atoms with Crippen LogP contribution < -0.4 is 15.4 Å². The van der Waals surface area contributed by atoms with Crippen LogP contribution in [0.5, 0.6) is 0 Å². The minimum Gasteiger partial charge on any atom is -0.355 e. The second kappa shape index (κ2) is 10.4. The van der Waals surface area contributed by atoms with E-state index in [0.29, 0.717) is 35.2 Å². The van der Waals surface area contributed by atoms with E-state index in [0.717, 1.165) is 0 Å². The molecule has 0 aliphatic carbocycles. The number of halogens is 1. The minimum atomic E-state index is -3.39. The Morgan fingerprint density at radius 1 is 1.32 bits per heavy atom. The monoisotopic (exact) mass is 460 g/mol. The standard InChI is InChI=1S/C13H24N4O2S2.HI/c1-10(2)11(3)17-13(14-4)15-7-8-16-21(18,19)12-6-5-9-20-12;/h5-6,9-11,16H,7-8H2,1-4H3,(H2,14,15,17);1H. The number of hydrogen-bond acceptors (Lipinski definition) is 4. The first-order chi connectivity index (χ1) is 9.86. The summed E-state index contributed by atoms with van der Waals surface area (Å²) >= 11 is 1.20. The molecule has 0 saturated heterocycles. The van der Waals surface area contributed by atoms with Crippen LogP contribution in [0.3, 0.4) is 0 Å². The molecule has 1 atom stereocenters. The van der Waals surface area contributed by atoms with Gasteiger partial charge in [-0.1, -0.05) is 19.9 Å². The summed E-state index contributed by atoms with van der Waals surface area (Å²) in [7, 11) is -1.70. The fourth-order valence-electron chi connectivity index (χ4n) is 1.43. The van der Waals surface area contributed by atoms with Gasteiger partial charge >= 0.3 is 0 Å². The molecule has 128 valence electrons. The van der Waals surface area contributed by atoms with Crippen LogP contribution in [0.4, 0.5) is 0 Å². The maximum Gasteiger partial charge on any atom is 0.250 e. The Labute approximate surface area is 154 Å². The van der Waals surface area contributed by atoms with Gasteiger partial charge in [0.1, 0.15) is 4.21 Å². The normalized spacial score (nSPS) is 13.6. The average molecular weight is 460 g/mol. The van der Waals surface area contributed by atoms with Gasteiger partial charge in [0.15, 0.2) is 5.96 Å². The molecule has 0 radical (unpaired) electrons. The first kappa shape index (κ1) is 21.6. The van der Waals surface area contributed by atoms with Crippen molar-refractivity contribution >= 4 is 51.3 Å². The molecular weight excluding hydrogens is 435 g/mol. The quantitative estimate of drug-likeness (QED) is 0.251. The summed E-state index contributed by atoms with van der Waals surface area (Å²) < 4.78 is 26.7. The molecule has 1 aromatic heterocycles. The lowest BCUT2D eigenvalue weighted by Crippen LogP contribution is -2.46. The molecule has 1 unspecified atom stereocenters. The van der Waals surface area contributed by atoms with Crippen molar-refractivity contribution in [3.05, 3.63) is 17.5 Å². The highest BCUT2D eigenvalue weighted by molar-refractivity contribution is 14.0. The van der Waals surface area contributed by atoms with E-state index in [9.17, 15) is 8.42 Å². The number of rotatable bonds is 7. The average Bonchev–Trinajstić information content (AvgIpc) is 2.96. The molecule has 0 bridgehead atoms. The molecule has 0 aliphatic rings. The molecule has 22 heavy (non-hydrogen) atoms. The van der Waals surface area contributed by atoms with Crippen molar-refractivity contribution < 1.29 is 8.42 Å². The van der Waals surface area contributed by atoms with Gasteiger partial charge in [-0.05, 0) is 24.3 Å². The van der Waals surface area contributed by atoms with E-state index in [1.165, 1.54) is 11.3 Å². The van der Waals surface area contributed by atoms with E-state index in [4.69, 9.17) is 0 Å². The van der Waals surface area contributed by atoms with E-state index in [1.54, 1.807) is 24.6 Å². The van der Waals surface area contributed by atoms with Gasteiger partial charge in [0.2, 0.25) is 10.0 Å². The highest BCUT2D eigenvalue weighted by atomic mass is 127. The van der Waals surface area contributed by atoms with Gasteiger partial charge in [0, 0.05) is 26.2 Å². The second-order valence-corrected chi connectivity index (χ2v) is 7.95. The van der Waals surface area contributed by atoms with Crippen molar-refractivity contribution in [3.63, 3.8) is 0 Å². The van der Waals surface area contributed by atoms with E-state index in [-0.39, 0.29) is 24.0 Å². The van der Waals surface area contributed by atoms with E-state index in [1.807, 2.05) is 0 Å². The fourth-order valence-corrected chi connectivity index (χ4v) is 3.50. The molecule has 1 aromatic rings. The van der Waals surface area contributed by atoms with Gasteiger partial charge in [0.05, 0.1) is 0 Å². The lowest BCUT2D eigenvalue weighted by molar-refractivity contribution is 0.481. The molecule has 0 aliphatic heterocycles. The van der Waals surface area contributed by atoms with Crippen LogP contribution >= 0.6 is 35.3 Å². The van der Waals surface area contributed by atoms with E-state index in [2.05, 4.69) is 41.1 Å². The molecule has 0 spiro atoms. The smallest absolute Gasteiger partial charge is 0.250 e. The summed E-state index contributed by atoms with van der Waals surface area (Å²) in [6.07, 6.45) is 0. The van der Waals surface area contributed by atoms with Gasteiger partial charge in [-0.25, -0.2) is 13.1 Å². The van der Waals surface area contributed by atoms with Gasteiger partial charge in [0.25, 0.3) is 0 Å². The number of hydrogen-bond donors (Lipinski definition) is 3. The van der Waals surface area contributed by atoms with Crippen molar-refractivity contribution in [1.29, 1.82) is 0 Å². The Morgan fingerprint density at radius 2 is 2.00 bits per heavy atom. The summed E-state index contributed by atoms with van der Waals surface area (Å²) in [5, 5.41) is 8.09. The highest BCUT2D eigenvalue weighted by Crippen LogP contribution is 2.14. The Kier molecular flexibility index (Phi) is 10.2. The van der Waals surface area contributed by atoms with Crippen LogP contribution in [-0.4, -0.2) is 40.6 Å². The number of guanidine groups is 1. The molecule has 6 nitrogen and oxygen atoms in total. The van der Waals surface area contributed by atoms with Gasteiger partial charge < -0.3 is 10.6 Å². The van der Waals surface area contributed by atoms with E-state index >= 15 is 0 Å². The Balaban J connectivity index is 0.00000441. The van der Waals surface area contributed by atoms with Crippen LogP contribution in [0.25, 0.3) is 0 Å². The van der Waals surface area contributed by atoms with Gasteiger partial charge in [-0.3, -0.25) is 4.99 Å². The largest absolute Gasteiger partial charge is 0.355 e. The third kappa shape index (κ3) is 7.25. The molecule has 0 amide bonds. The lowest BCUT2D eigenvalue weighted by Gasteiger charge is -2.20. The topological polar surface area (TPSA) is 82.6 Å². The molecule has 1 heterocycles. The predicted octanol–water partition coefficient (Wildman–Crippen LogP) is 1.85. The van der Waals surface area contributed by atoms with Crippen molar-refractivity contribution in [2.75, 3.05) is 20.1 Å². The van der Waals surface area contributed by atoms with Gasteiger partial charge in [-0.2, -0.15) is 0 Å². The third-order valence-electron chi connectivity index (χ3n) is 3.06. The van der Waals surface area contributed by atoms with Crippen molar-refractivity contribution in [3.8, 4) is 0 Å². The molecule has 3 N–H and O–H groups in total. The number of thiophene rings is 1. The number of sulfonamides is 1. The van der Waals surface area contributed by atoms with Crippen molar-refractivity contribution in [1.82, 2.24) is 15.4 Å². The predicted molar refractivity (Wildman–Crippen MR) is 104 cm³/mol. The van der Waals surface area contributed by atoms with Crippen molar-refractivity contribution in [2.24, 2.45) is 10.9 Å². The molecule has 1 rings (SSSR count). The zero-order valence-corrected chi connectivity index (χ0v) is 17.3. The molecule has 9 heteroatoms. The van der Waals surface area contributed by atoms with Crippen molar-refractivity contribution in [2.45, 2.75) is 31.0 Å². The van der Waals surface area contributed by atoms with Crippen LogP contribution in [0, 0.1) is 5.92 Å². The molecular formula is C13H25IN4O2S2. The minimum absolute atomic E-state index is 0. The summed E-state index contributed by atoms with van der Waals surface area (Å²) in [5.41, 5.74) is 0. The molecule has 0 fully saturated rings. The number of nitrogens with one attached hydrogen (secondary N) is 3. The summed E-state index contributed by atoms with van der Waals surface area (Å²) in [4.78, 5) is 4.11. The van der Waals surface area contributed by atoms with Crippen LogP contribution in [-0.2, 0) is 10.0 Å². The maximum atomic E-state index is 11.9. The molecule has 0 saturated carbocycles.